The summed E-state index contributed by atoms with van der Waals surface area (Å²) >= 11 is 5.52. The molecule has 1 aromatic carbocycles. The van der Waals surface area contributed by atoms with Crippen molar-refractivity contribution in [2.45, 2.75) is 0 Å². The van der Waals surface area contributed by atoms with Crippen LogP contribution in [-0.2, 0) is 0 Å². The van der Waals surface area contributed by atoms with Crippen molar-refractivity contribution in [1.82, 2.24) is 9.97 Å². The van der Waals surface area contributed by atoms with Crippen LogP contribution in [0.15, 0.2) is 30.6 Å². The Bertz CT molecular complexity index is 465. The molecule has 0 aliphatic heterocycles. The molecule has 0 saturated heterocycles. The van der Waals surface area contributed by atoms with Crippen LogP contribution in [0.5, 0.6) is 0 Å². The zero-order valence-corrected chi connectivity index (χ0v) is 8.17. The number of benzene rings is 1. The van der Waals surface area contributed by atoms with E-state index in [0.29, 0.717) is 0 Å². The van der Waals surface area contributed by atoms with E-state index in [4.69, 9.17) is 11.6 Å². The van der Waals surface area contributed by atoms with E-state index in [-0.39, 0.29) is 16.4 Å². The van der Waals surface area contributed by atoms with E-state index in [2.05, 4.69) is 9.97 Å². The molecule has 5 heteroatoms. The maximum absolute atomic E-state index is 13.3. The molecule has 0 aliphatic rings. The highest BCUT2D eigenvalue weighted by molar-refractivity contribution is 6.29. The molecular weight excluding hydrogens is 222 g/mol. The molecule has 0 fully saturated rings. The van der Waals surface area contributed by atoms with Gasteiger partial charge in [-0.25, -0.2) is 13.8 Å². The molecular formula is C10H5ClF2N2. The minimum Gasteiger partial charge on any atom is -0.251 e. The summed E-state index contributed by atoms with van der Waals surface area (Å²) in [6.45, 7) is 0. The summed E-state index contributed by atoms with van der Waals surface area (Å²) in [7, 11) is 0. The van der Waals surface area contributed by atoms with E-state index in [1.165, 1.54) is 18.5 Å². The van der Waals surface area contributed by atoms with Gasteiger partial charge in [0.25, 0.3) is 0 Å². The van der Waals surface area contributed by atoms with Crippen molar-refractivity contribution in [3.8, 4) is 11.3 Å². The summed E-state index contributed by atoms with van der Waals surface area (Å²) in [5.41, 5.74) is -0.0725. The van der Waals surface area contributed by atoms with Crippen molar-refractivity contribution < 1.29 is 8.78 Å². The van der Waals surface area contributed by atoms with Crippen LogP contribution in [0.25, 0.3) is 11.3 Å². The molecule has 2 rings (SSSR count). The van der Waals surface area contributed by atoms with Crippen molar-refractivity contribution >= 4 is 11.6 Å². The van der Waals surface area contributed by atoms with Crippen molar-refractivity contribution in [3.63, 3.8) is 0 Å². The Morgan fingerprint density at radius 3 is 2.20 bits per heavy atom. The van der Waals surface area contributed by atoms with Gasteiger partial charge in [-0.1, -0.05) is 17.7 Å². The van der Waals surface area contributed by atoms with E-state index in [1.54, 1.807) is 0 Å². The molecule has 0 N–H and O–H groups in total. The molecule has 0 unspecified atom stereocenters. The summed E-state index contributed by atoms with van der Waals surface area (Å²) in [6.07, 6.45) is 2.46. The maximum atomic E-state index is 13.3. The Morgan fingerprint density at radius 1 is 1.00 bits per heavy atom. The zero-order chi connectivity index (χ0) is 10.8. The average Bonchev–Trinajstić information content (AvgIpc) is 2.20. The van der Waals surface area contributed by atoms with Gasteiger partial charge in [0, 0.05) is 0 Å². The normalized spacial score (nSPS) is 10.3. The highest BCUT2D eigenvalue weighted by atomic mass is 35.5. The molecule has 2 nitrogen and oxygen atoms in total. The van der Waals surface area contributed by atoms with E-state index in [0.717, 1.165) is 12.1 Å². The Balaban J connectivity index is 2.58. The largest absolute Gasteiger partial charge is 0.251 e. The lowest BCUT2D eigenvalue weighted by Gasteiger charge is -2.02. The third kappa shape index (κ3) is 1.94. The van der Waals surface area contributed by atoms with E-state index >= 15 is 0 Å². The predicted molar refractivity (Wildman–Crippen MR) is 52.4 cm³/mol. The van der Waals surface area contributed by atoms with Crippen molar-refractivity contribution in [1.29, 1.82) is 0 Å². The van der Waals surface area contributed by atoms with E-state index in [9.17, 15) is 8.78 Å². The summed E-state index contributed by atoms with van der Waals surface area (Å²) in [5, 5.41) is 0.176. The quantitative estimate of drug-likeness (QED) is 0.747. The van der Waals surface area contributed by atoms with Crippen LogP contribution < -0.4 is 0 Å². The molecule has 1 aromatic heterocycles. The Morgan fingerprint density at radius 2 is 1.67 bits per heavy atom. The average molecular weight is 227 g/mol. The summed E-state index contributed by atoms with van der Waals surface area (Å²) in [6, 6.07) is 3.61. The van der Waals surface area contributed by atoms with Gasteiger partial charge in [-0.05, 0) is 12.1 Å². The highest BCUT2D eigenvalue weighted by Crippen LogP contribution is 2.23. The van der Waals surface area contributed by atoms with Gasteiger partial charge < -0.3 is 0 Å². The molecule has 0 radical (unpaired) electrons. The SMILES string of the molecule is Fc1cccc(F)c1-c1cnc(Cl)cn1. The standard InChI is InChI=1S/C10H5ClF2N2/c11-9-5-14-8(4-15-9)10-6(12)2-1-3-7(10)13/h1-5H. The number of nitrogens with zero attached hydrogens (tertiary/aromatic N) is 2. The molecule has 0 atom stereocenters. The first kappa shape index (κ1) is 9.98. The van der Waals surface area contributed by atoms with Crippen LogP contribution in [0.2, 0.25) is 5.15 Å². The summed E-state index contributed by atoms with van der Waals surface area (Å²) in [5.74, 6) is -1.35. The smallest absolute Gasteiger partial charge is 0.147 e. The third-order valence-corrected chi connectivity index (χ3v) is 2.03. The second kappa shape index (κ2) is 3.90. The minimum atomic E-state index is -0.674. The monoisotopic (exact) mass is 226 g/mol. The molecule has 0 saturated carbocycles. The Labute approximate surface area is 89.6 Å². The number of hydrogen-bond acceptors (Lipinski definition) is 2. The maximum Gasteiger partial charge on any atom is 0.147 e. The molecule has 76 valence electrons. The van der Waals surface area contributed by atoms with Crippen LogP contribution >= 0.6 is 11.6 Å². The van der Waals surface area contributed by atoms with Crippen LogP contribution in [0, 0.1) is 11.6 Å². The third-order valence-electron chi connectivity index (χ3n) is 1.84. The molecule has 0 amide bonds. The molecule has 0 aliphatic carbocycles. The molecule has 1 heterocycles. The van der Waals surface area contributed by atoms with Gasteiger partial charge >= 0.3 is 0 Å². The van der Waals surface area contributed by atoms with E-state index in [1.807, 2.05) is 0 Å². The first-order valence-corrected chi connectivity index (χ1v) is 4.48. The Kier molecular flexibility index (Phi) is 2.60. The number of halogens is 3. The van der Waals surface area contributed by atoms with Crippen LogP contribution in [0.1, 0.15) is 0 Å². The van der Waals surface area contributed by atoms with E-state index < -0.39 is 11.6 Å². The van der Waals surface area contributed by atoms with Gasteiger partial charge in [-0.15, -0.1) is 0 Å². The first-order chi connectivity index (χ1) is 7.18. The topological polar surface area (TPSA) is 25.8 Å². The highest BCUT2D eigenvalue weighted by Gasteiger charge is 2.11. The molecule has 2 aromatic rings. The fraction of sp³-hybridized carbons (Fsp3) is 0. The van der Waals surface area contributed by atoms with Gasteiger partial charge in [0.15, 0.2) is 0 Å². The molecule has 0 spiro atoms. The van der Waals surface area contributed by atoms with Gasteiger partial charge in [0.1, 0.15) is 16.8 Å². The number of aromatic nitrogens is 2. The summed E-state index contributed by atoms with van der Waals surface area (Å²) in [4.78, 5) is 7.50. The summed E-state index contributed by atoms with van der Waals surface area (Å²) < 4.78 is 26.6. The number of hydrogen-bond donors (Lipinski definition) is 0. The van der Waals surface area contributed by atoms with Crippen molar-refractivity contribution in [2.24, 2.45) is 0 Å². The molecule has 15 heavy (non-hydrogen) atoms. The van der Waals surface area contributed by atoms with Gasteiger partial charge in [0.2, 0.25) is 0 Å². The number of rotatable bonds is 1. The second-order valence-electron chi connectivity index (χ2n) is 2.82. The van der Waals surface area contributed by atoms with Gasteiger partial charge in [0.05, 0.1) is 23.7 Å². The van der Waals surface area contributed by atoms with Crippen molar-refractivity contribution in [2.75, 3.05) is 0 Å². The van der Waals surface area contributed by atoms with Crippen molar-refractivity contribution in [3.05, 3.63) is 47.4 Å². The lowest BCUT2D eigenvalue weighted by Crippen LogP contribution is -1.93. The van der Waals surface area contributed by atoms with Gasteiger partial charge in [-0.2, -0.15) is 0 Å². The Hall–Kier alpha value is -1.55. The minimum absolute atomic E-state index is 0.120. The molecule has 0 bridgehead atoms. The van der Waals surface area contributed by atoms with Crippen LogP contribution in [0.3, 0.4) is 0 Å². The predicted octanol–water partition coefficient (Wildman–Crippen LogP) is 3.08. The fourth-order valence-corrected chi connectivity index (χ4v) is 1.28. The van der Waals surface area contributed by atoms with Gasteiger partial charge in [-0.3, -0.25) is 4.98 Å². The van der Waals surface area contributed by atoms with Crippen LogP contribution in [0.4, 0.5) is 8.78 Å². The zero-order valence-electron chi connectivity index (χ0n) is 7.42. The lowest BCUT2D eigenvalue weighted by atomic mass is 10.1. The second-order valence-corrected chi connectivity index (χ2v) is 3.21. The lowest BCUT2D eigenvalue weighted by molar-refractivity contribution is 0.588. The van der Waals surface area contributed by atoms with Crippen LogP contribution in [-0.4, -0.2) is 9.97 Å². The fourth-order valence-electron chi connectivity index (χ4n) is 1.18. The first-order valence-electron chi connectivity index (χ1n) is 4.10.